The number of carboxylic acids is 1. The molecule has 0 bridgehead atoms. The number of esters is 1. The molecule has 0 amide bonds. The molecule has 0 aliphatic carbocycles. The molecule has 1 unspecified atom stereocenters. The molecule has 0 aromatic heterocycles. The van der Waals surface area contributed by atoms with Crippen molar-refractivity contribution in [2.75, 3.05) is 0 Å². The predicted octanol–water partition coefficient (Wildman–Crippen LogP) is 6.43. The Morgan fingerprint density at radius 1 is 0.731 bits per heavy atom. The summed E-state index contributed by atoms with van der Waals surface area (Å²) in [6.07, 6.45) is 19.6. The summed E-state index contributed by atoms with van der Waals surface area (Å²) in [5.74, 6) is -1.66. The van der Waals surface area contributed by atoms with Gasteiger partial charge in [0.25, 0.3) is 0 Å². The first-order valence-corrected chi connectivity index (χ1v) is 10.7. The lowest BCUT2D eigenvalue weighted by Crippen LogP contribution is -2.17. The highest BCUT2D eigenvalue weighted by atomic mass is 16.5. The first-order valence-electron chi connectivity index (χ1n) is 10.7. The minimum absolute atomic E-state index is 0.0812. The van der Waals surface area contributed by atoms with Gasteiger partial charge in [-0.2, -0.15) is 0 Å². The number of carbonyl (C=O) groups excluding carboxylic acids is 1. The van der Waals surface area contributed by atoms with Crippen molar-refractivity contribution in [1.29, 1.82) is 0 Å². The summed E-state index contributed by atoms with van der Waals surface area (Å²) in [6.45, 7) is 4.42. The quantitative estimate of drug-likeness (QED) is 0.172. The molecule has 1 atom stereocenters. The SMILES string of the molecule is CCCCCCCCCCCC(CCCCCC)OC(=O)C=CC(=O)O. The van der Waals surface area contributed by atoms with Crippen molar-refractivity contribution in [1.82, 2.24) is 0 Å². The van der Waals surface area contributed by atoms with Crippen LogP contribution in [0, 0.1) is 0 Å². The highest BCUT2D eigenvalue weighted by molar-refractivity contribution is 5.90. The fourth-order valence-corrected chi connectivity index (χ4v) is 3.09. The number of aliphatic carboxylic acids is 1. The highest BCUT2D eigenvalue weighted by Gasteiger charge is 2.12. The smallest absolute Gasteiger partial charge is 0.331 e. The van der Waals surface area contributed by atoms with Crippen molar-refractivity contribution < 1.29 is 19.4 Å². The Kier molecular flexibility index (Phi) is 17.5. The van der Waals surface area contributed by atoms with Gasteiger partial charge in [0.05, 0.1) is 0 Å². The molecule has 1 N–H and O–H groups in total. The van der Waals surface area contributed by atoms with Crippen LogP contribution < -0.4 is 0 Å². The van der Waals surface area contributed by atoms with Gasteiger partial charge in [-0.3, -0.25) is 0 Å². The van der Waals surface area contributed by atoms with Crippen LogP contribution >= 0.6 is 0 Å². The van der Waals surface area contributed by atoms with Crippen LogP contribution in [0.1, 0.15) is 110 Å². The van der Waals surface area contributed by atoms with Gasteiger partial charge in [-0.05, 0) is 25.7 Å². The van der Waals surface area contributed by atoms with E-state index in [9.17, 15) is 9.59 Å². The fraction of sp³-hybridized carbons (Fsp3) is 0.818. The van der Waals surface area contributed by atoms with Crippen LogP contribution in [-0.4, -0.2) is 23.1 Å². The highest BCUT2D eigenvalue weighted by Crippen LogP contribution is 2.17. The van der Waals surface area contributed by atoms with Gasteiger partial charge >= 0.3 is 11.9 Å². The summed E-state index contributed by atoms with van der Waals surface area (Å²) in [7, 11) is 0. The van der Waals surface area contributed by atoms with Gasteiger partial charge in [-0.25, -0.2) is 9.59 Å². The van der Waals surface area contributed by atoms with Gasteiger partial charge in [-0.1, -0.05) is 84.5 Å². The second-order valence-electron chi connectivity index (χ2n) is 7.20. The number of hydrogen-bond donors (Lipinski definition) is 1. The van der Waals surface area contributed by atoms with Crippen molar-refractivity contribution in [2.24, 2.45) is 0 Å². The molecule has 26 heavy (non-hydrogen) atoms. The van der Waals surface area contributed by atoms with Gasteiger partial charge in [0.15, 0.2) is 0 Å². The van der Waals surface area contributed by atoms with Crippen LogP contribution in [0.3, 0.4) is 0 Å². The van der Waals surface area contributed by atoms with E-state index in [1.807, 2.05) is 0 Å². The van der Waals surface area contributed by atoms with Gasteiger partial charge in [0, 0.05) is 12.2 Å². The van der Waals surface area contributed by atoms with E-state index in [-0.39, 0.29) is 6.10 Å². The number of carboxylic acid groups (broad SMARTS) is 1. The van der Waals surface area contributed by atoms with Crippen molar-refractivity contribution in [3.8, 4) is 0 Å². The normalized spacial score (nSPS) is 12.4. The molecular weight excluding hydrogens is 328 g/mol. The summed E-state index contributed by atoms with van der Waals surface area (Å²) in [5, 5.41) is 8.59. The maximum Gasteiger partial charge on any atom is 0.331 e. The van der Waals surface area contributed by atoms with E-state index < -0.39 is 11.9 Å². The molecule has 0 fully saturated rings. The fourth-order valence-electron chi connectivity index (χ4n) is 3.09. The van der Waals surface area contributed by atoms with Crippen LogP contribution in [0.15, 0.2) is 12.2 Å². The third-order valence-corrected chi connectivity index (χ3v) is 4.65. The standard InChI is InChI=1S/C22H40O4/c1-3-5-7-9-10-11-12-13-15-17-20(16-14-8-6-4-2)26-22(25)19-18-21(23)24/h18-20H,3-17H2,1-2H3,(H,23,24). The molecule has 4 nitrogen and oxygen atoms in total. The lowest BCUT2D eigenvalue weighted by Gasteiger charge is -2.17. The van der Waals surface area contributed by atoms with Crippen LogP contribution in [0.25, 0.3) is 0 Å². The first-order chi connectivity index (χ1) is 12.6. The van der Waals surface area contributed by atoms with E-state index in [1.54, 1.807) is 0 Å². The Bertz CT molecular complexity index is 376. The van der Waals surface area contributed by atoms with Crippen molar-refractivity contribution in [3.63, 3.8) is 0 Å². The zero-order valence-corrected chi connectivity index (χ0v) is 17.0. The van der Waals surface area contributed by atoms with E-state index in [4.69, 9.17) is 9.84 Å². The largest absolute Gasteiger partial charge is 0.478 e. The zero-order chi connectivity index (χ0) is 19.5. The van der Waals surface area contributed by atoms with Crippen molar-refractivity contribution in [2.45, 2.75) is 116 Å². The minimum atomic E-state index is -1.12. The lowest BCUT2D eigenvalue weighted by molar-refractivity contribution is -0.144. The molecule has 0 saturated carbocycles. The molecule has 152 valence electrons. The maximum absolute atomic E-state index is 11.7. The Labute approximate surface area is 160 Å². The third-order valence-electron chi connectivity index (χ3n) is 4.65. The summed E-state index contributed by atoms with van der Waals surface area (Å²) < 4.78 is 5.46. The summed E-state index contributed by atoms with van der Waals surface area (Å²) in [5.41, 5.74) is 0. The van der Waals surface area contributed by atoms with Crippen LogP contribution in [0.5, 0.6) is 0 Å². The first kappa shape index (κ1) is 24.7. The monoisotopic (exact) mass is 368 g/mol. The van der Waals surface area contributed by atoms with E-state index in [2.05, 4.69) is 13.8 Å². The lowest BCUT2D eigenvalue weighted by atomic mass is 10.0. The number of rotatable bonds is 18. The van der Waals surface area contributed by atoms with E-state index >= 15 is 0 Å². The topological polar surface area (TPSA) is 63.6 Å². The average molecular weight is 369 g/mol. The number of unbranched alkanes of at least 4 members (excludes halogenated alkanes) is 11. The summed E-state index contributed by atoms with van der Waals surface area (Å²) in [4.78, 5) is 22.2. The van der Waals surface area contributed by atoms with Gasteiger partial charge in [0.2, 0.25) is 0 Å². The molecular formula is C22H40O4. The van der Waals surface area contributed by atoms with E-state index in [1.165, 1.54) is 64.2 Å². The molecule has 0 aromatic carbocycles. The van der Waals surface area contributed by atoms with E-state index in [0.717, 1.165) is 44.3 Å². The van der Waals surface area contributed by atoms with Gasteiger partial charge in [-0.15, -0.1) is 0 Å². The van der Waals surface area contributed by atoms with E-state index in [0.29, 0.717) is 0 Å². The van der Waals surface area contributed by atoms with Crippen LogP contribution in [-0.2, 0) is 14.3 Å². The number of ether oxygens (including phenoxy) is 1. The summed E-state index contributed by atoms with van der Waals surface area (Å²) in [6, 6.07) is 0. The zero-order valence-electron chi connectivity index (χ0n) is 17.0. The molecule has 0 spiro atoms. The molecule has 0 radical (unpaired) electrons. The van der Waals surface area contributed by atoms with Crippen molar-refractivity contribution in [3.05, 3.63) is 12.2 Å². The summed E-state index contributed by atoms with van der Waals surface area (Å²) >= 11 is 0. The molecule has 0 aliphatic rings. The Morgan fingerprint density at radius 2 is 1.15 bits per heavy atom. The number of hydrogen-bond acceptors (Lipinski definition) is 3. The Hall–Kier alpha value is -1.32. The minimum Gasteiger partial charge on any atom is -0.478 e. The number of carbonyl (C=O) groups is 2. The maximum atomic E-state index is 11.7. The van der Waals surface area contributed by atoms with Gasteiger partial charge < -0.3 is 9.84 Å². The molecule has 0 aromatic rings. The molecule has 0 aliphatic heterocycles. The third kappa shape index (κ3) is 17.5. The van der Waals surface area contributed by atoms with Crippen LogP contribution in [0.4, 0.5) is 0 Å². The van der Waals surface area contributed by atoms with Gasteiger partial charge in [0.1, 0.15) is 6.10 Å². The predicted molar refractivity (Wildman–Crippen MR) is 107 cm³/mol. The molecule has 0 heterocycles. The Balaban J connectivity index is 3.99. The Morgan fingerprint density at radius 3 is 1.62 bits per heavy atom. The molecule has 0 rings (SSSR count). The average Bonchev–Trinajstić information content (AvgIpc) is 2.61. The molecule has 0 saturated heterocycles. The van der Waals surface area contributed by atoms with Crippen LogP contribution in [0.2, 0.25) is 0 Å². The second-order valence-corrected chi connectivity index (χ2v) is 7.20. The molecule has 4 heteroatoms. The van der Waals surface area contributed by atoms with Crippen molar-refractivity contribution >= 4 is 11.9 Å². The second kappa shape index (κ2) is 18.5.